The average molecular weight is 350 g/mol. The Kier molecular flexibility index (Phi) is 4.89. The van der Waals surface area contributed by atoms with E-state index in [0.29, 0.717) is 19.2 Å². The monoisotopic (exact) mass is 350 g/mol. The zero-order valence-electron chi connectivity index (χ0n) is 12.9. The molecule has 1 N–H and O–H groups in total. The Morgan fingerprint density at radius 2 is 1.96 bits per heavy atom. The number of rotatable bonds is 4. The summed E-state index contributed by atoms with van der Waals surface area (Å²) >= 11 is 1.70. The second-order valence-electron chi connectivity index (χ2n) is 5.60. The van der Waals surface area contributed by atoms with Crippen molar-refractivity contribution < 1.29 is 18.4 Å². The summed E-state index contributed by atoms with van der Waals surface area (Å²) in [6, 6.07) is 4.65. The fourth-order valence-electron chi connectivity index (χ4n) is 2.69. The molecule has 7 heteroatoms. The van der Waals surface area contributed by atoms with Gasteiger partial charge < -0.3 is 10.2 Å². The van der Waals surface area contributed by atoms with Gasteiger partial charge >= 0.3 is 0 Å². The van der Waals surface area contributed by atoms with E-state index in [0.717, 1.165) is 18.6 Å². The highest BCUT2D eigenvalue weighted by molar-refractivity contribution is 7.10. The molecule has 0 unspecified atom stereocenters. The summed E-state index contributed by atoms with van der Waals surface area (Å²) in [5.74, 6) is -2.26. The first-order valence-corrected chi connectivity index (χ1v) is 8.48. The van der Waals surface area contributed by atoms with Crippen molar-refractivity contribution >= 4 is 23.2 Å². The predicted octanol–water partition coefficient (Wildman–Crippen LogP) is 2.73. The first kappa shape index (κ1) is 16.6. The Morgan fingerprint density at radius 1 is 1.21 bits per heavy atom. The van der Waals surface area contributed by atoms with E-state index in [2.05, 4.69) is 5.32 Å². The highest BCUT2D eigenvalue weighted by Crippen LogP contribution is 2.24. The number of hydrogen-bond donors (Lipinski definition) is 1. The third-order valence-corrected chi connectivity index (χ3v) is 4.93. The second kappa shape index (κ2) is 7.09. The zero-order valence-corrected chi connectivity index (χ0v) is 13.7. The van der Waals surface area contributed by atoms with Crippen LogP contribution in [-0.2, 0) is 17.8 Å². The minimum Gasteiger partial charge on any atom is -0.352 e. The molecule has 1 aromatic carbocycles. The van der Waals surface area contributed by atoms with Crippen LogP contribution in [0.5, 0.6) is 0 Å². The molecule has 1 aromatic heterocycles. The molecular formula is C17H16F2N2O2S. The van der Waals surface area contributed by atoms with Gasteiger partial charge in [-0.1, -0.05) is 0 Å². The van der Waals surface area contributed by atoms with Crippen LogP contribution in [0.15, 0.2) is 29.6 Å². The number of thiophene rings is 1. The lowest BCUT2D eigenvalue weighted by Crippen LogP contribution is -2.37. The summed E-state index contributed by atoms with van der Waals surface area (Å²) in [6.45, 7) is 1.40. The summed E-state index contributed by atoms with van der Waals surface area (Å²) in [5, 5.41) is 4.54. The van der Waals surface area contributed by atoms with Gasteiger partial charge in [-0.05, 0) is 35.6 Å². The normalized spacial score (nSPS) is 13.5. The molecule has 0 aliphatic carbocycles. The van der Waals surface area contributed by atoms with Gasteiger partial charge in [-0.3, -0.25) is 9.59 Å². The van der Waals surface area contributed by atoms with Crippen LogP contribution in [0.4, 0.5) is 8.78 Å². The summed E-state index contributed by atoms with van der Waals surface area (Å²) in [7, 11) is 0. The van der Waals surface area contributed by atoms with E-state index < -0.39 is 17.5 Å². The van der Waals surface area contributed by atoms with Crippen LogP contribution >= 0.6 is 11.3 Å². The quantitative estimate of drug-likeness (QED) is 0.922. The van der Waals surface area contributed by atoms with Gasteiger partial charge in [0.25, 0.3) is 5.91 Å². The summed E-state index contributed by atoms with van der Waals surface area (Å²) in [4.78, 5) is 27.2. The minimum absolute atomic E-state index is 0.0439. The molecule has 0 bridgehead atoms. The summed E-state index contributed by atoms with van der Waals surface area (Å²) < 4.78 is 26.2. The third kappa shape index (κ3) is 3.79. The standard InChI is InChI=1S/C17H16F2N2O2S/c18-13-7-12(8-14(19)9-13)17(23)20-4-1-16(22)21-5-2-15-11(10-21)3-6-24-15/h3,6-9H,1-2,4-5,10H2,(H,20,23). The number of benzene rings is 1. The first-order valence-electron chi connectivity index (χ1n) is 7.60. The van der Waals surface area contributed by atoms with Crippen LogP contribution in [0.1, 0.15) is 27.2 Å². The molecular weight excluding hydrogens is 334 g/mol. The molecule has 0 saturated carbocycles. The molecule has 0 fully saturated rings. The lowest BCUT2D eigenvalue weighted by atomic mass is 10.1. The van der Waals surface area contributed by atoms with Gasteiger partial charge in [0, 0.05) is 42.6 Å². The molecule has 0 radical (unpaired) electrons. The van der Waals surface area contributed by atoms with Crippen LogP contribution < -0.4 is 5.32 Å². The molecule has 2 heterocycles. The summed E-state index contributed by atoms with van der Waals surface area (Å²) in [6.07, 6.45) is 1.01. The van der Waals surface area contributed by atoms with Crippen LogP contribution in [0.3, 0.4) is 0 Å². The Labute approximate surface area is 142 Å². The van der Waals surface area contributed by atoms with Crippen LogP contribution in [0.2, 0.25) is 0 Å². The molecule has 2 aromatic rings. The topological polar surface area (TPSA) is 49.4 Å². The van der Waals surface area contributed by atoms with Crippen molar-refractivity contribution in [1.82, 2.24) is 10.2 Å². The fraction of sp³-hybridized carbons (Fsp3) is 0.294. The van der Waals surface area contributed by atoms with E-state index in [4.69, 9.17) is 0 Å². The Balaban J connectivity index is 1.49. The molecule has 24 heavy (non-hydrogen) atoms. The summed E-state index contributed by atoms with van der Waals surface area (Å²) in [5.41, 5.74) is 1.08. The number of carbonyl (C=O) groups excluding carboxylic acids is 2. The number of carbonyl (C=O) groups is 2. The number of hydrogen-bond acceptors (Lipinski definition) is 3. The lowest BCUT2D eigenvalue weighted by Gasteiger charge is -2.27. The molecule has 4 nitrogen and oxygen atoms in total. The Bertz CT molecular complexity index is 755. The van der Waals surface area contributed by atoms with Crippen molar-refractivity contribution in [2.45, 2.75) is 19.4 Å². The van der Waals surface area contributed by atoms with Crippen LogP contribution in [0.25, 0.3) is 0 Å². The van der Waals surface area contributed by atoms with Gasteiger partial charge in [-0.15, -0.1) is 11.3 Å². The Hall–Kier alpha value is -2.28. The molecule has 1 aliphatic rings. The number of nitrogens with zero attached hydrogens (tertiary/aromatic N) is 1. The number of nitrogens with one attached hydrogen (secondary N) is 1. The maximum Gasteiger partial charge on any atom is 0.251 e. The van der Waals surface area contributed by atoms with E-state index in [9.17, 15) is 18.4 Å². The van der Waals surface area contributed by atoms with Crippen molar-refractivity contribution in [3.05, 3.63) is 57.3 Å². The highest BCUT2D eigenvalue weighted by atomic mass is 32.1. The molecule has 1 aliphatic heterocycles. The van der Waals surface area contributed by atoms with Gasteiger partial charge in [0.1, 0.15) is 11.6 Å². The van der Waals surface area contributed by atoms with Crippen molar-refractivity contribution in [2.75, 3.05) is 13.1 Å². The maximum absolute atomic E-state index is 13.1. The number of fused-ring (bicyclic) bond motifs is 1. The minimum atomic E-state index is -0.809. The average Bonchev–Trinajstić information content (AvgIpc) is 3.01. The molecule has 0 atom stereocenters. The van der Waals surface area contributed by atoms with Crippen LogP contribution in [0, 0.1) is 11.6 Å². The third-order valence-electron chi connectivity index (χ3n) is 3.91. The molecule has 126 valence electrons. The van der Waals surface area contributed by atoms with Crippen LogP contribution in [-0.4, -0.2) is 29.8 Å². The van der Waals surface area contributed by atoms with Gasteiger partial charge in [-0.25, -0.2) is 8.78 Å². The number of halogens is 2. The van der Waals surface area contributed by atoms with Crippen molar-refractivity contribution in [3.8, 4) is 0 Å². The molecule has 0 spiro atoms. The first-order chi connectivity index (χ1) is 11.5. The largest absolute Gasteiger partial charge is 0.352 e. The van der Waals surface area contributed by atoms with E-state index >= 15 is 0 Å². The molecule has 3 rings (SSSR count). The predicted molar refractivity (Wildman–Crippen MR) is 86.7 cm³/mol. The van der Waals surface area contributed by atoms with Gasteiger partial charge in [0.05, 0.1) is 0 Å². The van der Waals surface area contributed by atoms with E-state index in [-0.39, 0.29) is 24.4 Å². The maximum atomic E-state index is 13.1. The van der Waals surface area contributed by atoms with Crippen molar-refractivity contribution in [2.24, 2.45) is 0 Å². The van der Waals surface area contributed by atoms with Gasteiger partial charge in [0.15, 0.2) is 0 Å². The second-order valence-corrected chi connectivity index (χ2v) is 6.60. The fourth-order valence-corrected chi connectivity index (χ4v) is 3.58. The van der Waals surface area contributed by atoms with Crippen molar-refractivity contribution in [3.63, 3.8) is 0 Å². The Morgan fingerprint density at radius 3 is 2.71 bits per heavy atom. The van der Waals surface area contributed by atoms with E-state index in [1.54, 1.807) is 16.2 Å². The zero-order chi connectivity index (χ0) is 17.1. The van der Waals surface area contributed by atoms with Crippen molar-refractivity contribution in [1.29, 1.82) is 0 Å². The van der Waals surface area contributed by atoms with Gasteiger partial charge in [-0.2, -0.15) is 0 Å². The SMILES string of the molecule is O=C(NCCC(=O)N1CCc2sccc2C1)c1cc(F)cc(F)c1. The van der Waals surface area contributed by atoms with E-state index in [1.165, 1.54) is 10.4 Å². The molecule has 0 saturated heterocycles. The highest BCUT2D eigenvalue weighted by Gasteiger charge is 2.21. The van der Waals surface area contributed by atoms with E-state index in [1.807, 2.05) is 11.4 Å². The smallest absolute Gasteiger partial charge is 0.251 e. The lowest BCUT2D eigenvalue weighted by molar-refractivity contribution is -0.131. The number of amides is 2. The molecule has 2 amide bonds. The van der Waals surface area contributed by atoms with Gasteiger partial charge in [0.2, 0.25) is 5.91 Å².